The number of carbonyl (C=O) groups is 1. The van der Waals surface area contributed by atoms with Crippen molar-refractivity contribution in [2.45, 2.75) is 31.8 Å². The highest BCUT2D eigenvalue weighted by Gasteiger charge is 2.41. The predicted octanol–water partition coefficient (Wildman–Crippen LogP) is 6.05. The first kappa shape index (κ1) is 24.6. The van der Waals surface area contributed by atoms with Crippen molar-refractivity contribution in [3.63, 3.8) is 0 Å². The van der Waals surface area contributed by atoms with Crippen LogP contribution < -0.4 is 0 Å². The minimum absolute atomic E-state index is 0.309. The molecule has 6 heteroatoms. The molecular weight excluding hydrogens is 484 g/mol. The molecular formula is C33H30N4O2. The first-order valence-corrected chi connectivity index (χ1v) is 13.3. The van der Waals surface area contributed by atoms with Gasteiger partial charge in [-0.3, -0.25) is 9.36 Å². The predicted molar refractivity (Wildman–Crippen MR) is 152 cm³/mol. The first-order chi connectivity index (χ1) is 19.2. The number of hydrogen-bond acceptors (Lipinski definition) is 4. The molecule has 1 aliphatic carbocycles. The Morgan fingerprint density at radius 2 is 1.46 bits per heavy atom. The van der Waals surface area contributed by atoms with Gasteiger partial charge in [-0.25, -0.2) is 4.79 Å². The largest absolute Gasteiger partial charge is 0.461 e. The lowest BCUT2D eigenvalue weighted by Gasteiger charge is -2.36. The molecule has 0 fully saturated rings. The van der Waals surface area contributed by atoms with Crippen molar-refractivity contribution in [2.75, 3.05) is 6.61 Å². The number of nitrogens with zero attached hydrogens (tertiary/aromatic N) is 4. The molecule has 0 radical (unpaired) electrons. The summed E-state index contributed by atoms with van der Waals surface area (Å²) in [6.07, 6.45) is 5.22. The molecule has 0 atom stereocenters. The molecule has 0 saturated heterocycles. The van der Waals surface area contributed by atoms with Gasteiger partial charge in [-0.15, -0.1) is 6.58 Å². The zero-order valence-electron chi connectivity index (χ0n) is 22.0. The lowest BCUT2D eigenvalue weighted by atomic mass is 9.77. The fourth-order valence-electron chi connectivity index (χ4n) is 5.78. The quantitative estimate of drug-likeness (QED) is 0.144. The Bertz CT molecular complexity index is 1520. The van der Waals surface area contributed by atoms with Gasteiger partial charge in [0.15, 0.2) is 5.69 Å². The van der Waals surface area contributed by atoms with E-state index in [1.165, 1.54) is 0 Å². The van der Waals surface area contributed by atoms with Crippen molar-refractivity contribution >= 4 is 5.97 Å². The second-order valence-electron chi connectivity index (χ2n) is 9.61. The number of ether oxygens (including phenoxy) is 1. The molecule has 6 rings (SSSR count). The lowest BCUT2D eigenvalue weighted by molar-refractivity contribution is 0.0511. The van der Waals surface area contributed by atoms with Gasteiger partial charge in [0.1, 0.15) is 5.54 Å². The van der Waals surface area contributed by atoms with Crippen molar-refractivity contribution in [2.24, 2.45) is 0 Å². The minimum Gasteiger partial charge on any atom is -0.461 e. The number of esters is 1. The number of hydrogen-bond donors (Lipinski definition) is 0. The maximum atomic E-state index is 13.0. The molecule has 3 aromatic carbocycles. The Balaban J connectivity index is 1.62. The third kappa shape index (κ3) is 4.00. The van der Waals surface area contributed by atoms with Crippen molar-refractivity contribution < 1.29 is 9.53 Å². The van der Waals surface area contributed by atoms with E-state index < -0.39 is 5.54 Å². The zero-order chi connectivity index (χ0) is 26.8. The summed E-state index contributed by atoms with van der Waals surface area (Å²) < 4.78 is 9.20. The average Bonchev–Trinajstić information content (AvgIpc) is 3.57. The highest BCUT2D eigenvalue weighted by Crippen LogP contribution is 2.43. The number of rotatable bonds is 8. The van der Waals surface area contributed by atoms with Crippen LogP contribution in [0.3, 0.4) is 0 Å². The van der Waals surface area contributed by atoms with Crippen LogP contribution in [-0.2, 0) is 29.7 Å². The summed E-state index contributed by atoms with van der Waals surface area (Å²) in [5.74, 6) is -0.351. The Morgan fingerprint density at radius 3 is 1.97 bits per heavy atom. The smallest absolute Gasteiger partial charge is 0.356 e. The zero-order valence-corrected chi connectivity index (χ0v) is 22.0. The fraction of sp³-hybridized carbons (Fsp3) is 0.182. The Labute approximate surface area is 228 Å². The molecule has 1 aliphatic rings. The van der Waals surface area contributed by atoms with Crippen LogP contribution in [0.1, 0.15) is 45.4 Å². The van der Waals surface area contributed by atoms with E-state index in [1.807, 2.05) is 25.1 Å². The van der Waals surface area contributed by atoms with Crippen LogP contribution in [0.2, 0.25) is 0 Å². The van der Waals surface area contributed by atoms with E-state index in [0.29, 0.717) is 31.7 Å². The molecule has 194 valence electrons. The third-order valence-corrected chi connectivity index (χ3v) is 7.40. The van der Waals surface area contributed by atoms with E-state index in [9.17, 15) is 4.79 Å². The number of carbonyl (C=O) groups excluding carboxylic acids is 1. The monoisotopic (exact) mass is 514 g/mol. The number of allylic oxidation sites excluding steroid dienone is 1. The van der Waals surface area contributed by atoms with E-state index >= 15 is 0 Å². The number of fused-ring (bicyclic) bond motifs is 3. The summed E-state index contributed by atoms with van der Waals surface area (Å²) in [7, 11) is 0. The molecule has 0 amide bonds. The minimum atomic E-state index is -0.713. The highest BCUT2D eigenvalue weighted by molar-refractivity contribution is 5.92. The van der Waals surface area contributed by atoms with Crippen LogP contribution in [0.15, 0.2) is 110 Å². The molecule has 0 aliphatic heterocycles. The summed E-state index contributed by atoms with van der Waals surface area (Å²) in [5.41, 5.74) is 6.71. The second-order valence-corrected chi connectivity index (χ2v) is 9.61. The van der Waals surface area contributed by atoms with Crippen molar-refractivity contribution in [1.82, 2.24) is 19.6 Å². The molecule has 0 unspecified atom stereocenters. The summed E-state index contributed by atoms with van der Waals surface area (Å²) in [5, 5.41) is 10.1. The van der Waals surface area contributed by atoms with E-state index in [1.54, 1.807) is 10.8 Å². The van der Waals surface area contributed by atoms with Gasteiger partial charge in [-0.05, 0) is 36.5 Å². The topological polar surface area (TPSA) is 61.9 Å². The molecule has 0 spiro atoms. The van der Waals surface area contributed by atoms with Gasteiger partial charge in [0, 0.05) is 17.3 Å². The normalized spacial score (nSPS) is 12.4. The summed E-state index contributed by atoms with van der Waals surface area (Å²) in [4.78, 5) is 13.0. The van der Waals surface area contributed by atoms with E-state index in [0.717, 1.165) is 39.2 Å². The molecule has 2 aromatic heterocycles. The fourth-order valence-corrected chi connectivity index (χ4v) is 5.78. The maximum Gasteiger partial charge on any atom is 0.356 e. The number of aromatic nitrogens is 4. The van der Waals surface area contributed by atoms with Crippen LogP contribution >= 0.6 is 0 Å². The molecule has 0 saturated carbocycles. The third-order valence-electron chi connectivity index (χ3n) is 7.40. The molecule has 39 heavy (non-hydrogen) atoms. The van der Waals surface area contributed by atoms with E-state index in [-0.39, 0.29) is 5.97 Å². The Hall–Kier alpha value is -4.71. The molecule has 6 nitrogen and oxygen atoms in total. The van der Waals surface area contributed by atoms with Crippen LogP contribution in [0, 0.1) is 0 Å². The van der Waals surface area contributed by atoms with Gasteiger partial charge < -0.3 is 4.74 Å². The van der Waals surface area contributed by atoms with Crippen molar-refractivity contribution in [3.05, 3.63) is 143 Å². The number of aryl methyl sites for hydroxylation is 1. The van der Waals surface area contributed by atoms with Gasteiger partial charge in [-0.2, -0.15) is 10.2 Å². The van der Waals surface area contributed by atoms with Gasteiger partial charge in [0.05, 0.1) is 24.5 Å². The van der Waals surface area contributed by atoms with E-state index in [4.69, 9.17) is 14.9 Å². The van der Waals surface area contributed by atoms with Crippen LogP contribution in [-0.4, -0.2) is 32.1 Å². The highest BCUT2D eigenvalue weighted by atomic mass is 16.5. The second kappa shape index (κ2) is 10.2. The van der Waals surface area contributed by atoms with Crippen molar-refractivity contribution in [3.8, 4) is 11.3 Å². The van der Waals surface area contributed by atoms with Gasteiger partial charge in [0.2, 0.25) is 0 Å². The SMILES string of the molecule is C=CCn1nc2c(c1C(=O)OCC)CCc1nn(C(c3ccccc3)(c3ccccc3)c3ccccc3)cc1-2. The molecule has 0 bridgehead atoms. The lowest BCUT2D eigenvalue weighted by Crippen LogP contribution is -2.38. The van der Waals surface area contributed by atoms with E-state index in [2.05, 4.69) is 90.3 Å². The van der Waals surface area contributed by atoms with Gasteiger partial charge in [-0.1, -0.05) is 97.1 Å². The van der Waals surface area contributed by atoms with Crippen LogP contribution in [0.4, 0.5) is 0 Å². The summed E-state index contributed by atoms with van der Waals surface area (Å²) >= 11 is 0. The Kier molecular flexibility index (Phi) is 6.45. The average molecular weight is 515 g/mol. The Morgan fingerprint density at radius 1 is 0.897 bits per heavy atom. The maximum absolute atomic E-state index is 13.0. The standard InChI is InChI=1S/C33H30N4O2/c1-3-22-36-31(32(38)39-4-2)27-20-21-29-28(30(27)35-36)23-37(34-29)33(24-14-8-5-9-15-24,25-16-10-6-11-17-25)26-18-12-7-13-19-26/h3,5-19,23H,1,4,20-22H2,2H3. The van der Waals surface area contributed by atoms with Crippen molar-refractivity contribution in [1.29, 1.82) is 0 Å². The first-order valence-electron chi connectivity index (χ1n) is 13.3. The summed E-state index contributed by atoms with van der Waals surface area (Å²) in [6, 6.07) is 31.5. The summed E-state index contributed by atoms with van der Waals surface area (Å²) in [6.45, 7) is 6.41. The molecule has 2 heterocycles. The van der Waals surface area contributed by atoms with Crippen LogP contribution in [0.5, 0.6) is 0 Å². The molecule has 5 aromatic rings. The molecule has 0 N–H and O–H groups in total. The van der Waals surface area contributed by atoms with Gasteiger partial charge >= 0.3 is 5.97 Å². The van der Waals surface area contributed by atoms with Crippen LogP contribution in [0.25, 0.3) is 11.3 Å². The number of benzene rings is 3. The van der Waals surface area contributed by atoms with Gasteiger partial charge in [0.25, 0.3) is 0 Å².